The van der Waals surface area contributed by atoms with Gasteiger partial charge in [0.2, 0.25) is 10.0 Å². The lowest BCUT2D eigenvalue weighted by Gasteiger charge is -2.38. The lowest BCUT2D eigenvalue weighted by Crippen LogP contribution is -2.46. The molecule has 0 amide bonds. The summed E-state index contributed by atoms with van der Waals surface area (Å²) < 4.78 is 26.4. The summed E-state index contributed by atoms with van der Waals surface area (Å²) in [4.78, 5) is 2.20. The van der Waals surface area contributed by atoms with Crippen LogP contribution in [0.15, 0.2) is 29.2 Å². The van der Waals surface area contributed by atoms with E-state index in [0.717, 1.165) is 19.4 Å². The van der Waals surface area contributed by atoms with Crippen molar-refractivity contribution in [3.8, 4) is 0 Å². The lowest BCUT2D eigenvalue weighted by molar-refractivity contribution is 0.0448. The van der Waals surface area contributed by atoms with Crippen molar-refractivity contribution < 1.29 is 13.5 Å². The van der Waals surface area contributed by atoms with Crippen molar-refractivity contribution in [2.45, 2.75) is 30.3 Å². The monoisotopic (exact) mass is 284 g/mol. The summed E-state index contributed by atoms with van der Waals surface area (Å²) >= 11 is 0. The molecule has 0 bridgehead atoms. The summed E-state index contributed by atoms with van der Waals surface area (Å²) in [5, 5.41) is 10.2. The maximum absolute atomic E-state index is 12.0. The number of nitrogens with zero attached hydrogens (tertiary/aromatic N) is 1. The number of anilines is 1. The van der Waals surface area contributed by atoms with Gasteiger partial charge < -0.3 is 10.0 Å². The molecule has 106 valence electrons. The second kappa shape index (κ2) is 5.11. The van der Waals surface area contributed by atoms with Crippen LogP contribution >= 0.6 is 0 Å². The Bertz CT molecular complexity index is 555. The number of aliphatic hydroxyl groups is 1. The summed E-state index contributed by atoms with van der Waals surface area (Å²) in [6.45, 7) is 2.99. The van der Waals surface area contributed by atoms with Crippen LogP contribution in [0.2, 0.25) is 0 Å². The Morgan fingerprint density at radius 3 is 2.68 bits per heavy atom. The Kier molecular flexibility index (Phi) is 3.85. The minimum Gasteiger partial charge on any atom is -0.388 e. The van der Waals surface area contributed by atoms with Gasteiger partial charge in [-0.3, -0.25) is 0 Å². The first-order chi connectivity index (χ1) is 8.86. The topological polar surface area (TPSA) is 69.6 Å². The molecule has 0 saturated carbocycles. The molecule has 2 rings (SSSR count). The number of benzene rings is 1. The number of para-hydroxylation sites is 1. The Balaban J connectivity index is 2.41. The Labute approximate surface area is 114 Å². The summed E-state index contributed by atoms with van der Waals surface area (Å²) in [5.41, 5.74) is -0.119. The van der Waals surface area contributed by atoms with Gasteiger partial charge in [0.15, 0.2) is 0 Å². The maximum Gasteiger partial charge on any atom is 0.242 e. The van der Waals surface area contributed by atoms with Crippen LogP contribution in [0.25, 0.3) is 0 Å². The van der Waals surface area contributed by atoms with E-state index in [2.05, 4.69) is 4.72 Å². The molecule has 5 nitrogen and oxygen atoms in total. The number of piperidine rings is 1. The molecule has 0 radical (unpaired) electrons. The van der Waals surface area contributed by atoms with Crippen molar-refractivity contribution >= 4 is 15.7 Å². The van der Waals surface area contributed by atoms with Crippen LogP contribution in [0, 0.1) is 0 Å². The molecular formula is C13H20N2O3S. The summed E-state index contributed by atoms with van der Waals surface area (Å²) in [6.07, 6.45) is 1.59. The number of β-amino-alcohol motifs (C(OH)–C–C–N with tert-alkyl or cyclic N) is 1. The van der Waals surface area contributed by atoms with Crippen molar-refractivity contribution in [2.24, 2.45) is 0 Å². The highest BCUT2D eigenvalue weighted by molar-refractivity contribution is 7.89. The van der Waals surface area contributed by atoms with Gasteiger partial charge in [0.05, 0.1) is 11.3 Å². The van der Waals surface area contributed by atoms with Gasteiger partial charge in [-0.1, -0.05) is 12.1 Å². The van der Waals surface area contributed by atoms with Gasteiger partial charge in [-0.15, -0.1) is 0 Å². The molecule has 6 heteroatoms. The molecule has 1 unspecified atom stereocenters. The van der Waals surface area contributed by atoms with Gasteiger partial charge in [0.25, 0.3) is 0 Å². The number of nitrogens with one attached hydrogen (secondary N) is 1. The molecule has 1 fully saturated rings. The Morgan fingerprint density at radius 2 is 2.05 bits per heavy atom. The van der Waals surface area contributed by atoms with Crippen LogP contribution in [0.1, 0.15) is 19.8 Å². The van der Waals surface area contributed by atoms with Gasteiger partial charge in [-0.2, -0.15) is 0 Å². The zero-order chi connectivity index (χ0) is 14.1. The van der Waals surface area contributed by atoms with Crippen LogP contribution < -0.4 is 9.62 Å². The predicted molar refractivity (Wildman–Crippen MR) is 74.8 cm³/mol. The number of hydrogen-bond acceptors (Lipinski definition) is 4. The van der Waals surface area contributed by atoms with Gasteiger partial charge in [0.1, 0.15) is 4.90 Å². The van der Waals surface area contributed by atoms with E-state index in [1.165, 1.54) is 7.05 Å². The first kappa shape index (κ1) is 14.3. The predicted octanol–water partition coefficient (Wildman–Crippen LogP) is 0.946. The average Bonchev–Trinajstić information content (AvgIpc) is 2.37. The molecule has 1 saturated heterocycles. The van der Waals surface area contributed by atoms with E-state index in [0.29, 0.717) is 12.2 Å². The van der Waals surface area contributed by atoms with Gasteiger partial charge >= 0.3 is 0 Å². The third kappa shape index (κ3) is 3.08. The fourth-order valence-electron chi connectivity index (χ4n) is 2.48. The Morgan fingerprint density at radius 1 is 1.37 bits per heavy atom. The van der Waals surface area contributed by atoms with Crippen LogP contribution in [0.3, 0.4) is 0 Å². The van der Waals surface area contributed by atoms with Gasteiger partial charge in [-0.25, -0.2) is 13.1 Å². The summed E-state index contributed by atoms with van der Waals surface area (Å²) in [7, 11) is -2.09. The minimum absolute atomic E-state index is 0.259. The molecular weight excluding hydrogens is 264 g/mol. The molecule has 19 heavy (non-hydrogen) atoms. The molecule has 1 heterocycles. The second-order valence-electron chi connectivity index (χ2n) is 5.20. The molecule has 0 aromatic heterocycles. The number of rotatable bonds is 3. The molecule has 1 atom stereocenters. The first-order valence-electron chi connectivity index (χ1n) is 6.36. The highest BCUT2D eigenvalue weighted by Gasteiger charge is 2.30. The average molecular weight is 284 g/mol. The molecule has 1 aliphatic rings. The quantitative estimate of drug-likeness (QED) is 0.867. The van der Waals surface area contributed by atoms with E-state index in [-0.39, 0.29) is 4.90 Å². The summed E-state index contributed by atoms with van der Waals surface area (Å²) in [6, 6.07) is 6.89. The zero-order valence-electron chi connectivity index (χ0n) is 11.3. The third-order valence-corrected chi connectivity index (χ3v) is 4.90. The first-order valence-corrected chi connectivity index (χ1v) is 7.84. The van der Waals surface area contributed by atoms with E-state index < -0.39 is 15.6 Å². The van der Waals surface area contributed by atoms with Crippen LogP contribution in [-0.4, -0.2) is 39.3 Å². The van der Waals surface area contributed by atoms with Crippen molar-refractivity contribution in [3.63, 3.8) is 0 Å². The van der Waals surface area contributed by atoms with Crippen molar-refractivity contribution in [2.75, 3.05) is 25.0 Å². The number of sulfonamides is 1. The zero-order valence-corrected chi connectivity index (χ0v) is 12.1. The SMILES string of the molecule is CNS(=O)(=O)c1ccccc1N1CCCC(C)(O)C1. The van der Waals surface area contributed by atoms with E-state index in [9.17, 15) is 13.5 Å². The van der Waals surface area contributed by atoms with E-state index in [1.807, 2.05) is 11.0 Å². The van der Waals surface area contributed by atoms with Crippen molar-refractivity contribution in [3.05, 3.63) is 24.3 Å². The number of hydrogen-bond donors (Lipinski definition) is 2. The van der Waals surface area contributed by atoms with Crippen LogP contribution in [0.4, 0.5) is 5.69 Å². The molecule has 1 aliphatic heterocycles. The maximum atomic E-state index is 12.0. The van der Waals surface area contributed by atoms with Crippen molar-refractivity contribution in [1.29, 1.82) is 0 Å². The second-order valence-corrected chi connectivity index (χ2v) is 7.05. The largest absolute Gasteiger partial charge is 0.388 e. The van der Waals surface area contributed by atoms with E-state index >= 15 is 0 Å². The highest BCUT2D eigenvalue weighted by atomic mass is 32.2. The van der Waals surface area contributed by atoms with E-state index in [1.54, 1.807) is 25.1 Å². The van der Waals surface area contributed by atoms with Crippen molar-refractivity contribution in [1.82, 2.24) is 4.72 Å². The minimum atomic E-state index is -3.49. The Hall–Kier alpha value is -1.11. The molecule has 1 aromatic carbocycles. The lowest BCUT2D eigenvalue weighted by atomic mass is 9.95. The highest BCUT2D eigenvalue weighted by Crippen LogP contribution is 2.30. The van der Waals surface area contributed by atoms with Gasteiger partial charge in [0, 0.05) is 13.1 Å². The van der Waals surface area contributed by atoms with Crippen LogP contribution in [0.5, 0.6) is 0 Å². The summed E-state index contributed by atoms with van der Waals surface area (Å²) in [5.74, 6) is 0. The van der Waals surface area contributed by atoms with E-state index in [4.69, 9.17) is 0 Å². The molecule has 0 aliphatic carbocycles. The fourth-order valence-corrected chi connectivity index (χ4v) is 3.43. The molecule has 0 spiro atoms. The van der Waals surface area contributed by atoms with Gasteiger partial charge in [-0.05, 0) is 38.9 Å². The molecule has 1 aromatic rings. The smallest absolute Gasteiger partial charge is 0.242 e. The third-order valence-electron chi connectivity index (χ3n) is 3.44. The normalized spacial score (nSPS) is 24.5. The standard InChI is InChI=1S/C13H20N2O3S/c1-13(16)8-5-9-15(10-13)11-6-3-4-7-12(11)19(17,18)14-2/h3-4,6-7,14,16H,5,8-10H2,1-2H3. The molecule has 2 N–H and O–H groups in total. The van der Waals surface area contributed by atoms with Crippen LogP contribution in [-0.2, 0) is 10.0 Å². The fraction of sp³-hybridized carbons (Fsp3) is 0.538.